The van der Waals surface area contributed by atoms with Gasteiger partial charge in [-0.25, -0.2) is 8.78 Å². The highest BCUT2D eigenvalue weighted by molar-refractivity contribution is 5.73. The van der Waals surface area contributed by atoms with Crippen molar-refractivity contribution >= 4 is 5.97 Å². The first kappa shape index (κ1) is 12.6. The zero-order valence-corrected chi connectivity index (χ0v) is 8.57. The van der Waals surface area contributed by atoms with E-state index in [1.54, 1.807) is 24.3 Å². The van der Waals surface area contributed by atoms with Gasteiger partial charge >= 0.3 is 5.97 Å². The highest BCUT2D eigenvalue weighted by atomic mass is 19.3. The maximum absolute atomic E-state index is 12.0. The second kappa shape index (κ2) is 5.55. The van der Waals surface area contributed by atoms with E-state index in [1.807, 2.05) is 0 Å². The van der Waals surface area contributed by atoms with Crippen LogP contribution in [0.2, 0.25) is 0 Å². The van der Waals surface area contributed by atoms with Crippen molar-refractivity contribution < 1.29 is 18.7 Å². The first-order valence-corrected chi connectivity index (χ1v) is 4.83. The lowest BCUT2D eigenvalue weighted by molar-refractivity contribution is -0.138. The SMILES string of the molecule is NC(Cc1ccc(CC(F)F)cc1)C(=O)O. The minimum absolute atomic E-state index is 0.199. The Balaban J connectivity index is 2.61. The molecule has 1 atom stereocenters. The second-order valence-corrected chi connectivity index (χ2v) is 3.56. The van der Waals surface area contributed by atoms with E-state index >= 15 is 0 Å². The Labute approximate surface area is 91.9 Å². The highest BCUT2D eigenvalue weighted by Crippen LogP contribution is 2.10. The molecule has 0 bridgehead atoms. The van der Waals surface area contributed by atoms with Gasteiger partial charge in [0.2, 0.25) is 6.43 Å². The zero-order chi connectivity index (χ0) is 12.1. The summed E-state index contributed by atoms with van der Waals surface area (Å²) in [6.07, 6.45) is -2.46. The van der Waals surface area contributed by atoms with E-state index in [0.717, 1.165) is 5.56 Å². The van der Waals surface area contributed by atoms with Crippen molar-refractivity contribution in [2.75, 3.05) is 0 Å². The number of halogens is 2. The molecule has 88 valence electrons. The van der Waals surface area contributed by atoms with Crippen LogP contribution in [0.3, 0.4) is 0 Å². The third kappa shape index (κ3) is 3.94. The molecule has 0 fully saturated rings. The first-order chi connectivity index (χ1) is 7.49. The van der Waals surface area contributed by atoms with Gasteiger partial charge in [0.1, 0.15) is 6.04 Å². The smallest absolute Gasteiger partial charge is 0.320 e. The molecule has 0 heterocycles. The summed E-state index contributed by atoms with van der Waals surface area (Å²) in [7, 11) is 0. The van der Waals surface area contributed by atoms with E-state index in [2.05, 4.69) is 0 Å². The molecule has 0 radical (unpaired) electrons. The van der Waals surface area contributed by atoms with Gasteiger partial charge in [0.15, 0.2) is 0 Å². The van der Waals surface area contributed by atoms with Gasteiger partial charge in [0, 0.05) is 6.42 Å². The van der Waals surface area contributed by atoms with E-state index in [0.29, 0.717) is 5.56 Å². The van der Waals surface area contributed by atoms with E-state index in [1.165, 1.54) is 0 Å². The second-order valence-electron chi connectivity index (χ2n) is 3.56. The monoisotopic (exact) mass is 229 g/mol. The van der Waals surface area contributed by atoms with Crippen LogP contribution in [0.15, 0.2) is 24.3 Å². The molecule has 3 nitrogen and oxygen atoms in total. The van der Waals surface area contributed by atoms with Gasteiger partial charge in [-0.15, -0.1) is 0 Å². The van der Waals surface area contributed by atoms with Crippen LogP contribution >= 0.6 is 0 Å². The van der Waals surface area contributed by atoms with Gasteiger partial charge in [-0.3, -0.25) is 4.79 Å². The molecule has 0 aliphatic carbocycles. The molecule has 1 unspecified atom stereocenters. The summed E-state index contributed by atoms with van der Waals surface area (Å²) in [4.78, 5) is 10.5. The number of carbonyl (C=O) groups is 1. The summed E-state index contributed by atoms with van der Waals surface area (Å²) in [5, 5.41) is 8.59. The number of carboxylic acids is 1. The predicted molar refractivity (Wildman–Crippen MR) is 55.5 cm³/mol. The molecular formula is C11H13F2NO2. The van der Waals surface area contributed by atoms with Crippen LogP contribution in [0.25, 0.3) is 0 Å². The van der Waals surface area contributed by atoms with Gasteiger partial charge < -0.3 is 10.8 Å². The molecule has 0 saturated heterocycles. The van der Waals surface area contributed by atoms with Crippen molar-refractivity contribution in [3.05, 3.63) is 35.4 Å². The van der Waals surface area contributed by atoms with Crippen molar-refractivity contribution in [3.63, 3.8) is 0 Å². The minimum Gasteiger partial charge on any atom is -0.480 e. The average molecular weight is 229 g/mol. The number of aliphatic carboxylic acids is 1. The molecule has 3 N–H and O–H groups in total. The molecule has 1 aromatic rings. The molecule has 0 aliphatic rings. The van der Waals surface area contributed by atoms with Crippen LogP contribution < -0.4 is 5.73 Å². The number of nitrogens with two attached hydrogens (primary N) is 1. The quantitative estimate of drug-likeness (QED) is 0.803. The average Bonchev–Trinajstić information content (AvgIpc) is 2.20. The number of carboxylic acid groups (broad SMARTS) is 1. The third-order valence-corrected chi connectivity index (χ3v) is 2.19. The Bertz CT molecular complexity index is 352. The topological polar surface area (TPSA) is 63.3 Å². The zero-order valence-electron chi connectivity index (χ0n) is 8.57. The van der Waals surface area contributed by atoms with Gasteiger partial charge in [0.05, 0.1) is 0 Å². The fourth-order valence-electron chi connectivity index (χ4n) is 1.33. The third-order valence-electron chi connectivity index (χ3n) is 2.19. The van der Waals surface area contributed by atoms with E-state index in [4.69, 9.17) is 10.8 Å². The lowest BCUT2D eigenvalue weighted by Crippen LogP contribution is -2.32. The van der Waals surface area contributed by atoms with Crippen LogP contribution in [0.4, 0.5) is 8.78 Å². The molecule has 1 aromatic carbocycles. The van der Waals surface area contributed by atoms with Crippen LogP contribution in [0, 0.1) is 0 Å². The minimum atomic E-state index is -2.37. The molecule has 0 saturated carbocycles. The van der Waals surface area contributed by atoms with E-state index < -0.39 is 18.4 Å². The molecule has 5 heteroatoms. The predicted octanol–water partition coefficient (Wildman–Crippen LogP) is 1.45. The van der Waals surface area contributed by atoms with Crippen molar-refractivity contribution in [1.82, 2.24) is 0 Å². The van der Waals surface area contributed by atoms with Gasteiger partial charge in [0.25, 0.3) is 0 Å². The standard InChI is InChI=1S/C11H13F2NO2/c12-10(13)6-8-3-1-7(2-4-8)5-9(14)11(15)16/h1-4,9-10H,5-6,14H2,(H,15,16). The van der Waals surface area contributed by atoms with Gasteiger partial charge in [-0.2, -0.15) is 0 Å². The lowest BCUT2D eigenvalue weighted by Gasteiger charge is -2.07. The molecule has 0 spiro atoms. The molecule has 0 amide bonds. The van der Waals surface area contributed by atoms with Crippen molar-refractivity contribution in [2.45, 2.75) is 25.3 Å². The fraction of sp³-hybridized carbons (Fsp3) is 0.364. The maximum atomic E-state index is 12.0. The molecule has 0 aliphatic heterocycles. The van der Waals surface area contributed by atoms with Gasteiger partial charge in [-0.1, -0.05) is 24.3 Å². The summed E-state index contributed by atoms with van der Waals surface area (Å²) in [5.74, 6) is -1.07. The molecule has 16 heavy (non-hydrogen) atoms. The number of hydrogen-bond acceptors (Lipinski definition) is 2. The number of alkyl halides is 2. The Morgan fingerprint density at radius 1 is 1.19 bits per heavy atom. The van der Waals surface area contributed by atoms with Crippen LogP contribution in [0.5, 0.6) is 0 Å². The Morgan fingerprint density at radius 3 is 2.00 bits per heavy atom. The number of benzene rings is 1. The summed E-state index contributed by atoms with van der Waals surface area (Å²) in [6.45, 7) is 0. The van der Waals surface area contributed by atoms with Crippen LogP contribution in [0.1, 0.15) is 11.1 Å². The molecular weight excluding hydrogens is 216 g/mol. The number of rotatable bonds is 5. The van der Waals surface area contributed by atoms with Crippen LogP contribution in [-0.4, -0.2) is 23.5 Å². The molecule has 0 aromatic heterocycles. The largest absolute Gasteiger partial charge is 0.480 e. The summed E-state index contributed by atoms with van der Waals surface area (Å²) >= 11 is 0. The summed E-state index contributed by atoms with van der Waals surface area (Å²) in [5.41, 5.74) is 6.61. The van der Waals surface area contributed by atoms with Gasteiger partial charge in [-0.05, 0) is 17.5 Å². The van der Waals surface area contributed by atoms with Crippen molar-refractivity contribution in [3.8, 4) is 0 Å². The normalized spacial score (nSPS) is 12.8. The fourth-order valence-corrected chi connectivity index (χ4v) is 1.33. The maximum Gasteiger partial charge on any atom is 0.320 e. The number of hydrogen-bond donors (Lipinski definition) is 2. The van der Waals surface area contributed by atoms with Crippen molar-refractivity contribution in [1.29, 1.82) is 0 Å². The van der Waals surface area contributed by atoms with E-state index in [-0.39, 0.29) is 12.8 Å². The van der Waals surface area contributed by atoms with Crippen molar-refractivity contribution in [2.24, 2.45) is 5.73 Å². The lowest BCUT2D eigenvalue weighted by atomic mass is 10.0. The Kier molecular flexibility index (Phi) is 4.37. The highest BCUT2D eigenvalue weighted by Gasteiger charge is 2.12. The summed E-state index contributed by atoms with van der Waals surface area (Å²) < 4.78 is 24.1. The Hall–Kier alpha value is -1.49. The van der Waals surface area contributed by atoms with E-state index in [9.17, 15) is 13.6 Å². The Morgan fingerprint density at radius 2 is 1.62 bits per heavy atom. The molecule has 1 rings (SSSR count). The first-order valence-electron chi connectivity index (χ1n) is 4.83. The summed E-state index contributed by atoms with van der Waals surface area (Å²) in [6, 6.07) is 5.42. The van der Waals surface area contributed by atoms with Crippen LogP contribution in [-0.2, 0) is 17.6 Å².